The van der Waals surface area contributed by atoms with Gasteiger partial charge in [0.1, 0.15) is 17.7 Å². The summed E-state index contributed by atoms with van der Waals surface area (Å²) >= 11 is 0. The van der Waals surface area contributed by atoms with Gasteiger partial charge >= 0.3 is 12.2 Å². The monoisotopic (exact) mass is 588 g/mol. The molecule has 1 aliphatic rings. The lowest BCUT2D eigenvalue weighted by atomic mass is 10.0. The molecule has 3 aromatic carbocycles. The van der Waals surface area contributed by atoms with Crippen molar-refractivity contribution in [2.75, 3.05) is 24.3 Å². The first-order chi connectivity index (χ1) is 20.3. The molecule has 0 aliphatic carbocycles. The minimum atomic E-state index is -0.782. The Balaban J connectivity index is 1.41. The molecule has 3 N–H and O–H groups in total. The highest BCUT2D eigenvalue weighted by Crippen LogP contribution is 2.28. The molecule has 0 radical (unpaired) electrons. The minimum Gasteiger partial charge on any atom is -0.453 e. The number of anilines is 2. The number of ether oxygens (including phenoxy) is 2. The number of alkyl carbamates (subject to hydrolysis) is 1. The molecule has 0 spiro atoms. The number of carbonyl (C=O) groups is 4. The number of nitrogens with zero attached hydrogens (tertiary/aromatic N) is 1. The molecule has 10 heteroatoms. The molecule has 43 heavy (non-hydrogen) atoms. The summed E-state index contributed by atoms with van der Waals surface area (Å²) in [4.78, 5) is 51.9. The predicted molar refractivity (Wildman–Crippen MR) is 167 cm³/mol. The van der Waals surface area contributed by atoms with Gasteiger partial charge in [0.25, 0.3) is 0 Å². The summed E-state index contributed by atoms with van der Waals surface area (Å²) in [5, 5.41) is 10.3. The number of likely N-dealkylation sites (tertiary alicyclic amines) is 1. The van der Waals surface area contributed by atoms with E-state index in [1.807, 2.05) is 89.2 Å². The van der Waals surface area contributed by atoms with Gasteiger partial charge in [0, 0.05) is 17.9 Å². The second-order valence-electron chi connectivity index (χ2n) is 12.0. The van der Waals surface area contributed by atoms with Crippen LogP contribution in [0.2, 0.25) is 0 Å². The Bertz CT molecular complexity index is 1500. The van der Waals surface area contributed by atoms with Crippen molar-refractivity contribution in [2.24, 2.45) is 5.92 Å². The highest BCUT2D eigenvalue weighted by Gasteiger charge is 2.38. The normalized spacial score (nSPS) is 15.6. The molecular formula is C33H40N4O6. The number of rotatable bonds is 7. The van der Waals surface area contributed by atoms with Crippen LogP contribution >= 0.6 is 0 Å². The van der Waals surface area contributed by atoms with Crippen LogP contribution in [0.3, 0.4) is 0 Å². The van der Waals surface area contributed by atoms with Crippen LogP contribution in [0.1, 0.15) is 47.5 Å². The van der Waals surface area contributed by atoms with Crippen LogP contribution in [-0.4, -0.2) is 60.2 Å². The highest BCUT2D eigenvalue weighted by atomic mass is 16.6. The number of benzene rings is 3. The zero-order valence-electron chi connectivity index (χ0n) is 25.5. The van der Waals surface area contributed by atoms with Crippen LogP contribution in [-0.2, 0) is 19.1 Å². The molecule has 1 saturated heterocycles. The summed E-state index contributed by atoms with van der Waals surface area (Å²) in [7, 11) is 1.25. The van der Waals surface area contributed by atoms with Gasteiger partial charge < -0.3 is 25.0 Å². The van der Waals surface area contributed by atoms with Crippen LogP contribution in [0.25, 0.3) is 21.9 Å². The number of carbonyl (C=O) groups excluding carboxylic acids is 4. The molecule has 0 aromatic heterocycles. The van der Waals surface area contributed by atoms with Crippen molar-refractivity contribution in [3.05, 3.63) is 60.7 Å². The van der Waals surface area contributed by atoms with E-state index in [-0.39, 0.29) is 17.7 Å². The largest absolute Gasteiger partial charge is 0.453 e. The lowest BCUT2D eigenvalue weighted by Crippen LogP contribution is -2.54. The molecule has 0 saturated carbocycles. The van der Waals surface area contributed by atoms with Gasteiger partial charge in [-0.15, -0.1) is 0 Å². The van der Waals surface area contributed by atoms with E-state index in [0.29, 0.717) is 30.8 Å². The molecule has 228 valence electrons. The van der Waals surface area contributed by atoms with E-state index in [2.05, 4.69) is 26.8 Å². The van der Waals surface area contributed by atoms with Crippen molar-refractivity contribution in [1.82, 2.24) is 10.2 Å². The van der Waals surface area contributed by atoms with Crippen LogP contribution < -0.4 is 16.0 Å². The zero-order chi connectivity index (χ0) is 31.3. The fourth-order valence-corrected chi connectivity index (χ4v) is 5.08. The van der Waals surface area contributed by atoms with Gasteiger partial charge in [-0.25, -0.2) is 9.59 Å². The van der Waals surface area contributed by atoms with E-state index in [1.165, 1.54) is 7.11 Å². The quantitative estimate of drug-likeness (QED) is 0.303. The molecular weight excluding hydrogens is 548 g/mol. The van der Waals surface area contributed by atoms with Crippen molar-refractivity contribution in [3.63, 3.8) is 0 Å². The smallest absolute Gasteiger partial charge is 0.412 e. The molecule has 0 unspecified atom stereocenters. The van der Waals surface area contributed by atoms with E-state index in [0.717, 1.165) is 21.9 Å². The van der Waals surface area contributed by atoms with Gasteiger partial charge in [0.05, 0.1) is 7.11 Å². The maximum Gasteiger partial charge on any atom is 0.412 e. The van der Waals surface area contributed by atoms with Crippen molar-refractivity contribution >= 4 is 46.1 Å². The molecule has 4 amide bonds. The summed E-state index contributed by atoms with van der Waals surface area (Å²) in [5.41, 5.74) is 2.67. The fourth-order valence-electron chi connectivity index (χ4n) is 5.08. The Labute approximate surface area is 252 Å². The number of hydrogen-bond acceptors (Lipinski definition) is 6. The lowest BCUT2D eigenvalue weighted by Gasteiger charge is -2.30. The summed E-state index contributed by atoms with van der Waals surface area (Å²) in [5.74, 6) is -0.729. The predicted octanol–water partition coefficient (Wildman–Crippen LogP) is 6.16. The molecule has 2 atom stereocenters. The maximum absolute atomic E-state index is 13.3. The standard InChI is InChI=1S/C33H40N4O6/c1-20(2)28(36-31(40)42-6)30(39)37-17-7-8-27(37)29(38)34-25-14-11-21(12-15-25)22-9-10-24-19-26(16-13-23(24)18-22)35-32(41)43-33(3,4)5/h9-16,18-20,27-28H,7-8,17H2,1-6H3,(H,34,38)(H,35,41)(H,36,40)/t27-,28-/m0/s1. The Morgan fingerprint density at radius 3 is 2.12 bits per heavy atom. The molecule has 0 bridgehead atoms. The van der Waals surface area contributed by atoms with Crippen molar-refractivity contribution in [1.29, 1.82) is 0 Å². The van der Waals surface area contributed by atoms with Crippen LogP contribution in [0.5, 0.6) is 0 Å². The number of fused-ring (bicyclic) bond motifs is 1. The van der Waals surface area contributed by atoms with Gasteiger partial charge in [0.15, 0.2) is 0 Å². The number of nitrogens with one attached hydrogen (secondary N) is 3. The minimum absolute atomic E-state index is 0.172. The average Bonchev–Trinajstić information content (AvgIpc) is 3.45. The highest BCUT2D eigenvalue weighted by molar-refractivity contribution is 5.99. The third kappa shape index (κ3) is 8.03. The van der Waals surface area contributed by atoms with Gasteiger partial charge in [-0.1, -0.05) is 44.2 Å². The summed E-state index contributed by atoms with van der Waals surface area (Å²) in [6.07, 6.45) is 0.0637. The molecule has 1 heterocycles. The second kappa shape index (κ2) is 13.1. The lowest BCUT2D eigenvalue weighted by molar-refractivity contribution is -0.139. The van der Waals surface area contributed by atoms with Gasteiger partial charge in [-0.3, -0.25) is 14.9 Å². The van der Waals surface area contributed by atoms with E-state index in [1.54, 1.807) is 4.90 Å². The summed E-state index contributed by atoms with van der Waals surface area (Å²) in [6.45, 7) is 9.57. The van der Waals surface area contributed by atoms with Crippen LogP contribution in [0, 0.1) is 5.92 Å². The number of methoxy groups -OCH3 is 1. The van der Waals surface area contributed by atoms with Crippen LogP contribution in [0.15, 0.2) is 60.7 Å². The van der Waals surface area contributed by atoms with Gasteiger partial charge in [0.2, 0.25) is 11.8 Å². The van der Waals surface area contributed by atoms with Gasteiger partial charge in [-0.2, -0.15) is 0 Å². The molecule has 10 nitrogen and oxygen atoms in total. The Kier molecular flexibility index (Phi) is 9.58. The molecule has 1 fully saturated rings. The second-order valence-corrected chi connectivity index (χ2v) is 12.0. The maximum atomic E-state index is 13.3. The summed E-state index contributed by atoms with van der Waals surface area (Å²) < 4.78 is 10.0. The van der Waals surface area contributed by atoms with E-state index in [9.17, 15) is 19.2 Å². The first-order valence-electron chi connectivity index (χ1n) is 14.4. The molecule has 3 aromatic rings. The Morgan fingerprint density at radius 2 is 1.47 bits per heavy atom. The Morgan fingerprint density at radius 1 is 0.837 bits per heavy atom. The van der Waals surface area contributed by atoms with Crippen molar-refractivity contribution < 1.29 is 28.7 Å². The Hall–Kier alpha value is -4.60. The third-order valence-corrected chi connectivity index (χ3v) is 7.20. The zero-order valence-corrected chi connectivity index (χ0v) is 25.5. The first kappa shape index (κ1) is 31.3. The first-order valence-corrected chi connectivity index (χ1v) is 14.4. The fraction of sp³-hybridized carbons (Fsp3) is 0.394. The van der Waals surface area contributed by atoms with Crippen LogP contribution in [0.4, 0.5) is 21.0 Å². The summed E-state index contributed by atoms with van der Waals surface area (Å²) in [6, 6.07) is 17.9. The van der Waals surface area contributed by atoms with E-state index >= 15 is 0 Å². The van der Waals surface area contributed by atoms with E-state index < -0.39 is 29.9 Å². The number of amides is 4. The number of hydrogen-bond donors (Lipinski definition) is 3. The van der Waals surface area contributed by atoms with Crippen molar-refractivity contribution in [3.8, 4) is 11.1 Å². The topological polar surface area (TPSA) is 126 Å². The molecule has 4 rings (SSSR count). The van der Waals surface area contributed by atoms with Gasteiger partial charge in [-0.05, 0) is 91.8 Å². The SMILES string of the molecule is COC(=O)N[C@H](C(=O)N1CCC[C@H]1C(=O)Nc1ccc(-c2ccc3cc(NC(=O)OC(C)(C)C)ccc3c2)cc1)C(C)C. The van der Waals surface area contributed by atoms with E-state index in [4.69, 9.17) is 4.74 Å². The van der Waals surface area contributed by atoms with Crippen molar-refractivity contribution in [2.45, 2.75) is 65.1 Å². The average molecular weight is 589 g/mol. The third-order valence-electron chi connectivity index (χ3n) is 7.20. The molecule has 1 aliphatic heterocycles.